The molecule has 12 nitrogen and oxygen atoms in total. The SMILES string of the molecule is COc1cc(OC)c2c(=O)c(OCCCOc3ccc(/C=C/C(=O)Nc4ccc(C)cc4)cc3OC)c(-c3cc(OC)c(OC)c(OC)c3)oc2c1. The second-order valence-electron chi connectivity index (χ2n) is 11.4. The first-order valence-corrected chi connectivity index (χ1v) is 16.3. The summed E-state index contributed by atoms with van der Waals surface area (Å²) in [5.74, 6) is 2.66. The molecule has 0 aliphatic rings. The molecule has 272 valence electrons. The van der Waals surface area contributed by atoms with Crippen molar-refractivity contribution in [1.29, 1.82) is 0 Å². The van der Waals surface area contributed by atoms with Crippen molar-refractivity contribution < 1.29 is 47.1 Å². The minimum atomic E-state index is -0.441. The number of rotatable bonds is 16. The minimum absolute atomic E-state index is 0.0367. The number of carbonyl (C=O) groups excluding carboxylic acids is 1. The van der Waals surface area contributed by atoms with Crippen LogP contribution in [-0.4, -0.2) is 61.8 Å². The van der Waals surface area contributed by atoms with Gasteiger partial charge in [0.1, 0.15) is 22.5 Å². The summed E-state index contributed by atoms with van der Waals surface area (Å²) in [6.07, 6.45) is 3.54. The average molecular weight is 712 g/mol. The smallest absolute Gasteiger partial charge is 0.248 e. The van der Waals surface area contributed by atoms with Gasteiger partial charge in [-0.15, -0.1) is 0 Å². The van der Waals surface area contributed by atoms with Crippen molar-refractivity contribution in [1.82, 2.24) is 0 Å². The Bertz CT molecular complexity index is 2100. The van der Waals surface area contributed by atoms with E-state index in [0.717, 1.165) is 11.1 Å². The molecule has 5 aromatic rings. The van der Waals surface area contributed by atoms with Crippen molar-refractivity contribution in [3.8, 4) is 57.3 Å². The molecular weight excluding hydrogens is 670 g/mol. The first-order valence-electron chi connectivity index (χ1n) is 16.3. The zero-order chi connectivity index (χ0) is 37.2. The number of nitrogens with one attached hydrogen (secondary N) is 1. The fourth-order valence-electron chi connectivity index (χ4n) is 5.37. The monoisotopic (exact) mass is 711 g/mol. The maximum Gasteiger partial charge on any atom is 0.248 e. The van der Waals surface area contributed by atoms with Gasteiger partial charge >= 0.3 is 0 Å². The number of benzene rings is 4. The highest BCUT2D eigenvalue weighted by atomic mass is 16.5. The molecule has 0 fully saturated rings. The van der Waals surface area contributed by atoms with E-state index >= 15 is 0 Å². The van der Waals surface area contributed by atoms with Gasteiger partial charge in [0.2, 0.25) is 22.8 Å². The molecule has 0 spiro atoms. The Morgan fingerprint density at radius 3 is 2.00 bits per heavy atom. The van der Waals surface area contributed by atoms with Gasteiger partial charge in [0.05, 0.1) is 55.9 Å². The second-order valence-corrected chi connectivity index (χ2v) is 11.4. The summed E-state index contributed by atoms with van der Waals surface area (Å²) in [5, 5.41) is 3.03. The van der Waals surface area contributed by atoms with E-state index in [1.54, 1.807) is 42.5 Å². The molecule has 0 atom stereocenters. The van der Waals surface area contributed by atoms with Crippen LogP contribution in [-0.2, 0) is 4.79 Å². The molecule has 0 bridgehead atoms. The molecule has 1 aromatic heterocycles. The van der Waals surface area contributed by atoms with Gasteiger partial charge in [-0.1, -0.05) is 23.8 Å². The van der Waals surface area contributed by atoms with E-state index in [4.69, 9.17) is 42.3 Å². The van der Waals surface area contributed by atoms with Crippen molar-refractivity contribution in [3.63, 3.8) is 0 Å². The Morgan fingerprint density at radius 2 is 1.37 bits per heavy atom. The van der Waals surface area contributed by atoms with Gasteiger partial charge < -0.3 is 47.6 Å². The van der Waals surface area contributed by atoms with Crippen molar-refractivity contribution >= 4 is 28.6 Å². The van der Waals surface area contributed by atoms with Gasteiger partial charge in [0, 0.05) is 35.9 Å². The summed E-state index contributed by atoms with van der Waals surface area (Å²) in [6.45, 7) is 2.33. The number of fused-ring (bicyclic) bond motifs is 1. The predicted molar refractivity (Wildman–Crippen MR) is 198 cm³/mol. The summed E-state index contributed by atoms with van der Waals surface area (Å²) in [5.41, 5.74) is 2.82. The van der Waals surface area contributed by atoms with Crippen molar-refractivity contribution in [3.05, 3.63) is 94.2 Å². The minimum Gasteiger partial charge on any atom is -0.496 e. The highest BCUT2D eigenvalue weighted by molar-refractivity contribution is 6.02. The van der Waals surface area contributed by atoms with E-state index in [9.17, 15) is 9.59 Å². The summed E-state index contributed by atoms with van der Waals surface area (Å²) in [7, 11) is 9.00. The van der Waals surface area contributed by atoms with Crippen LogP contribution < -0.4 is 48.6 Å². The fraction of sp³-hybridized carbons (Fsp3) is 0.250. The molecule has 0 aliphatic carbocycles. The molecule has 1 amide bonds. The lowest BCUT2D eigenvalue weighted by atomic mass is 10.1. The Morgan fingerprint density at radius 1 is 0.692 bits per heavy atom. The van der Waals surface area contributed by atoms with Crippen LogP contribution in [0.15, 0.2) is 82.0 Å². The van der Waals surface area contributed by atoms with Crippen LogP contribution in [0.25, 0.3) is 28.4 Å². The Kier molecular flexibility index (Phi) is 12.1. The number of amides is 1. The molecule has 1 N–H and O–H groups in total. The number of ether oxygens (including phenoxy) is 8. The van der Waals surface area contributed by atoms with Crippen molar-refractivity contribution in [2.24, 2.45) is 0 Å². The molecule has 0 unspecified atom stereocenters. The third kappa shape index (κ3) is 8.35. The van der Waals surface area contributed by atoms with Crippen LogP contribution >= 0.6 is 0 Å². The van der Waals surface area contributed by atoms with Crippen LogP contribution in [0.3, 0.4) is 0 Å². The highest BCUT2D eigenvalue weighted by Gasteiger charge is 2.24. The molecule has 5 rings (SSSR count). The molecule has 0 saturated heterocycles. The van der Waals surface area contributed by atoms with Crippen LogP contribution in [0.2, 0.25) is 0 Å². The van der Waals surface area contributed by atoms with Crippen molar-refractivity contribution in [2.75, 3.05) is 61.2 Å². The van der Waals surface area contributed by atoms with Gasteiger partial charge in [0.15, 0.2) is 28.8 Å². The third-order valence-corrected chi connectivity index (χ3v) is 8.00. The molecule has 4 aromatic carbocycles. The Hall–Kier alpha value is -6.30. The van der Waals surface area contributed by atoms with E-state index in [-0.39, 0.29) is 47.3 Å². The highest BCUT2D eigenvalue weighted by Crippen LogP contribution is 2.44. The van der Waals surface area contributed by atoms with E-state index in [1.807, 2.05) is 37.3 Å². The third-order valence-electron chi connectivity index (χ3n) is 8.00. The Balaban J connectivity index is 1.33. The first-order chi connectivity index (χ1) is 25.2. The standard InChI is InChI=1S/C40H41NO11/c1-24-9-13-27(14-10-24)41-35(42)16-12-25-11-15-29(30(19-25)45-3)50-17-8-18-51-40-37(43)36-31(46-4)22-28(44-2)23-32(36)52-38(40)26-20-33(47-5)39(49-7)34(21-26)48-6/h9-16,19-23H,8,17-18H2,1-7H3,(H,41,42)/b16-12+. The molecule has 0 radical (unpaired) electrons. The summed E-state index contributed by atoms with van der Waals surface area (Å²) in [6, 6.07) is 19.4. The predicted octanol–water partition coefficient (Wildman–Crippen LogP) is 7.32. The van der Waals surface area contributed by atoms with Crippen molar-refractivity contribution in [2.45, 2.75) is 13.3 Å². The lowest BCUT2D eigenvalue weighted by Crippen LogP contribution is -2.14. The van der Waals surface area contributed by atoms with Gasteiger partial charge in [0.25, 0.3) is 0 Å². The molecular formula is C40H41NO11. The fourth-order valence-corrected chi connectivity index (χ4v) is 5.37. The summed E-state index contributed by atoms with van der Waals surface area (Å²) < 4.78 is 51.5. The van der Waals surface area contributed by atoms with Gasteiger partial charge in [-0.05, 0) is 55.0 Å². The molecule has 0 aliphatic heterocycles. The van der Waals surface area contributed by atoms with E-state index in [2.05, 4.69) is 5.32 Å². The van der Waals surface area contributed by atoms with Crippen LogP contribution in [0, 0.1) is 6.92 Å². The number of anilines is 1. The molecule has 1 heterocycles. The maximum absolute atomic E-state index is 14.1. The topological polar surface area (TPSA) is 133 Å². The van der Waals surface area contributed by atoms with Crippen LogP contribution in [0.1, 0.15) is 17.5 Å². The average Bonchev–Trinajstić information content (AvgIpc) is 3.17. The summed E-state index contributed by atoms with van der Waals surface area (Å²) >= 11 is 0. The molecule has 12 heteroatoms. The lowest BCUT2D eigenvalue weighted by molar-refractivity contribution is -0.111. The van der Waals surface area contributed by atoms with Crippen LogP contribution in [0.5, 0.6) is 46.0 Å². The Labute approximate surface area is 301 Å². The van der Waals surface area contributed by atoms with Gasteiger partial charge in [-0.3, -0.25) is 9.59 Å². The molecule has 52 heavy (non-hydrogen) atoms. The number of methoxy groups -OCH3 is 6. The number of hydrogen-bond donors (Lipinski definition) is 1. The summed E-state index contributed by atoms with van der Waals surface area (Å²) in [4.78, 5) is 26.5. The quantitative estimate of drug-likeness (QED) is 0.0816. The first kappa shape index (κ1) is 37.0. The largest absolute Gasteiger partial charge is 0.496 e. The van der Waals surface area contributed by atoms with E-state index in [0.29, 0.717) is 52.2 Å². The van der Waals surface area contributed by atoms with Gasteiger partial charge in [-0.2, -0.15) is 0 Å². The van der Waals surface area contributed by atoms with E-state index < -0.39 is 5.43 Å². The zero-order valence-corrected chi connectivity index (χ0v) is 30.1. The van der Waals surface area contributed by atoms with Gasteiger partial charge in [-0.25, -0.2) is 0 Å². The lowest BCUT2D eigenvalue weighted by Gasteiger charge is -2.17. The normalized spacial score (nSPS) is 10.9. The molecule has 0 saturated carbocycles. The number of carbonyl (C=O) groups is 1. The van der Waals surface area contributed by atoms with Crippen LogP contribution in [0.4, 0.5) is 5.69 Å². The zero-order valence-electron chi connectivity index (χ0n) is 30.1. The maximum atomic E-state index is 14.1. The van der Waals surface area contributed by atoms with E-state index in [1.165, 1.54) is 48.7 Å². The second kappa shape index (κ2) is 17.1. The number of hydrogen-bond acceptors (Lipinski definition) is 11. The number of aryl methyl sites for hydroxylation is 1.